The summed E-state index contributed by atoms with van der Waals surface area (Å²) in [7, 11) is 0. The van der Waals surface area contributed by atoms with Crippen LogP contribution in [0.2, 0.25) is 0 Å². The first-order valence-electron chi connectivity index (χ1n) is 8.17. The largest absolute Gasteiger partial charge is 2.00 e. The third-order valence-electron chi connectivity index (χ3n) is 3.60. The molecule has 1 radical (unpaired) electrons. The summed E-state index contributed by atoms with van der Waals surface area (Å²) >= 11 is 9.28. The molecule has 0 atom stereocenters. The van der Waals surface area contributed by atoms with Crippen LogP contribution in [0, 0.1) is 27.7 Å². The molecule has 0 aliphatic heterocycles. The summed E-state index contributed by atoms with van der Waals surface area (Å²) in [6.45, 7) is 7.89. The first kappa shape index (κ1) is 25.6. The van der Waals surface area contributed by atoms with E-state index in [0.717, 1.165) is 33.6 Å². The molecule has 27 heavy (non-hydrogen) atoms. The number of hydrogen-bond acceptors (Lipinski definition) is 4. The molecule has 4 nitrogen and oxygen atoms in total. The fourth-order valence-electron chi connectivity index (χ4n) is 2.11. The summed E-state index contributed by atoms with van der Waals surface area (Å²) in [5, 5.41) is 5.52. The topological polar surface area (TPSA) is 58.2 Å². The number of benzene rings is 2. The van der Waals surface area contributed by atoms with Gasteiger partial charge >= 0.3 is 17.1 Å². The average Bonchev–Trinajstić information content (AvgIpc) is 2.61. The quantitative estimate of drug-likeness (QED) is 0.551. The van der Waals surface area contributed by atoms with E-state index < -0.39 is 0 Å². The maximum atomic E-state index is 11.0. The van der Waals surface area contributed by atoms with Gasteiger partial charge in [-0.25, -0.2) is 0 Å². The number of aryl methyl sites for hydroxylation is 4. The molecule has 149 valence electrons. The van der Waals surface area contributed by atoms with E-state index in [1.165, 1.54) is 0 Å². The molecule has 2 aromatic carbocycles. The van der Waals surface area contributed by atoms with Gasteiger partial charge in [0, 0.05) is 11.4 Å². The molecule has 0 spiro atoms. The van der Waals surface area contributed by atoms with Gasteiger partial charge in [0.05, 0.1) is 0 Å². The van der Waals surface area contributed by atoms with E-state index in [2.05, 4.69) is 35.9 Å². The molecule has 0 aliphatic rings. The summed E-state index contributed by atoms with van der Waals surface area (Å²) in [6.07, 6.45) is 0. The molecule has 2 aromatic rings. The second kappa shape index (κ2) is 12.9. The molecule has 2 amide bonds. The Balaban J connectivity index is 0.000000483. The standard InChI is InChI=1S/2C10H13NOS.Cu/c2*1-7-3-4-8(2)9(5-7)11-10(12)6-13;/h2*3-5,13H,6H2,1-2H3,(H,11,12);/q;;+2/p-2. The Hall–Kier alpha value is -1.40. The summed E-state index contributed by atoms with van der Waals surface area (Å²) in [4.78, 5) is 22.1. The van der Waals surface area contributed by atoms with Gasteiger partial charge < -0.3 is 35.9 Å². The van der Waals surface area contributed by atoms with Gasteiger partial charge in [-0.2, -0.15) is 0 Å². The Labute approximate surface area is 183 Å². The summed E-state index contributed by atoms with van der Waals surface area (Å²) in [6, 6.07) is 11.9. The van der Waals surface area contributed by atoms with Crippen LogP contribution in [0.3, 0.4) is 0 Å². The van der Waals surface area contributed by atoms with Crippen molar-refractivity contribution in [1.29, 1.82) is 0 Å². The fraction of sp³-hybridized carbons (Fsp3) is 0.300. The maximum absolute atomic E-state index is 11.0. The van der Waals surface area contributed by atoms with Gasteiger partial charge in [0.25, 0.3) is 0 Å². The van der Waals surface area contributed by atoms with Crippen molar-refractivity contribution in [2.45, 2.75) is 27.7 Å². The number of carbonyl (C=O) groups excluding carboxylic acids is 2. The van der Waals surface area contributed by atoms with E-state index in [4.69, 9.17) is 0 Å². The predicted octanol–water partition coefficient (Wildman–Crippen LogP) is 3.58. The van der Waals surface area contributed by atoms with E-state index in [1.807, 2.05) is 64.1 Å². The van der Waals surface area contributed by atoms with Crippen LogP contribution in [0.4, 0.5) is 11.4 Å². The molecule has 0 heterocycles. The van der Waals surface area contributed by atoms with Crippen molar-refractivity contribution in [3.8, 4) is 0 Å². The normalized spacial score (nSPS) is 9.41. The van der Waals surface area contributed by atoms with E-state index in [0.29, 0.717) is 0 Å². The summed E-state index contributed by atoms with van der Waals surface area (Å²) in [5.74, 6) is -0.0341. The predicted molar refractivity (Wildman–Crippen MR) is 114 cm³/mol. The van der Waals surface area contributed by atoms with Crippen molar-refractivity contribution in [1.82, 2.24) is 0 Å². The van der Waals surface area contributed by atoms with E-state index in [-0.39, 0.29) is 40.4 Å². The molecular weight excluding hydrogens is 428 g/mol. The molecule has 0 saturated heterocycles. The first-order valence-corrected chi connectivity index (χ1v) is 9.32. The van der Waals surface area contributed by atoms with Gasteiger partial charge in [0.2, 0.25) is 0 Å². The van der Waals surface area contributed by atoms with E-state index >= 15 is 0 Å². The molecule has 0 aliphatic carbocycles. The van der Waals surface area contributed by atoms with Crippen LogP contribution in [0.5, 0.6) is 0 Å². The molecule has 0 saturated carbocycles. The molecule has 7 heteroatoms. The van der Waals surface area contributed by atoms with Crippen LogP contribution in [0.25, 0.3) is 0 Å². The van der Waals surface area contributed by atoms with Gasteiger partial charge in [0.15, 0.2) is 11.8 Å². The smallest absolute Gasteiger partial charge is 0.783 e. The van der Waals surface area contributed by atoms with Gasteiger partial charge in [-0.3, -0.25) is 9.59 Å². The molecule has 0 fully saturated rings. The zero-order valence-corrected chi connectivity index (χ0v) is 18.4. The van der Waals surface area contributed by atoms with Crippen molar-refractivity contribution < 1.29 is 26.7 Å². The van der Waals surface area contributed by atoms with Crippen molar-refractivity contribution in [2.75, 3.05) is 22.1 Å². The number of amides is 2. The minimum Gasteiger partial charge on any atom is -0.783 e. The Morgan fingerprint density at radius 3 is 1.37 bits per heavy atom. The molecular formula is C20H24CuN2O2S2. The third-order valence-corrected chi connectivity index (χ3v) is 4.12. The van der Waals surface area contributed by atoms with Crippen molar-refractivity contribution in [2.24, 2.45) is 0 Å². The Morgan fingerprint density at radius 1 is 0.741 bits per heavy atom. The molecule has 0 aromatic heterocycles. The van der Waals surface area contributed by atoms with Gasteiger partial charge in [-0.15, -0.1) is 0 Å². The number of nitrogens with one attached hydrogen (secondary N) is 2. The summed E-state index contributed by atoms with van der Waals surface area (Å²) < 4.78 is 0. The van der Waals surface area contributed by atoms with E-state index in [9.17, 15) is 9.59 Å². The summed E-state index contributed by atoms with van der Waals surface area (Å²) in [5.41, 5.74) is 6.09. The number of hydrogen-bond donors (Lipinski definition) is 2. The van der Waals surface area contributed by atoms with E-state index in [1.54, 1.807) is 0 Å². The van der Waals surface area contributed by atoms with Gasteiger partial charge in [-0.1, -0.05) is 35.8 Å². The minimum absolute atomic E-state index is 0. The van der Waals surface area contributed by atoms with Crippen LogP contribution in [0.15, 0.2) is 36.4 Å². The minimum atomic E-state index is -0.122. The zero-order valence-electron chi connectivity index (χ0n) is 15.8. The number of carbonyl (C=O) groups is 2. The van der Waals surface area contributed by atoms with Crippen LogP contribution < -0.4 is 10.6 Å². The third kappa shape index (κ3) is 9.38. The van der Waals surface area contributed by atoms with Crippen LogP contribution >= 0.6 is 0 Å². The number of anilines is 2. The second-order valence-corrected chi connectivity index (χ2v) is 6.60. The number of rotatable bonds is 4. The van der Waals surface area contributed by atoms with Gasteiger partial charge in [-0.05, 0) is 62.1 Å². The fourth-order valence-corrected chi connectivity index (χ4v) is 2.26. The molecule has 0 bridgehead atoms. The monoisotopic (exact) mass is 451 g/mol. The molecule has 2 N–H and O–H groups in total. The van der Waals surface area contributed by atoms with Crippen LogP contribution in [-0.4, -0.2) is 23.3 Å². The van der Waals surface area contributed by atoms with Crippen LogP contribution in [0.1, 0.15) is 22.3 Å². The van der Waals surface area contributed by atoms with Crippen LogP contribution in [-0.2, 0) is 51.9 Å². The maximum Gasteiger partial charge on any atom is 2.00 e. The first-order chi connectivity index (χ1) is 12.3. The Morgan fingerprint density at radius 2 is 1.07 bits per heavy atom. The second-order valence-electron chi connectivity index (χ2n) is 6.02. The average molecular weight is 452 g/mol. The Bertz CT molecular complexity index is 717. The zero-order chi connectivity index (χ0) is 19.7. The Kier molecular flexibility index (Phi) is 12.2. The van der Waals surface area contributed by atoms with Crippen molar-refractivity contribution >= 4 is 48.4 Å². The van der Waals surface area contributed by atoms with Gasteiger partial charge in [0.1, 0.15) is 0 Å². The SMILES string of the molecule is Cc1ccc(C)c(NC(=O)C[S-])c1.Cc1ccc(C)c(NC(=O)C[S-])c1.[Cu+2]. The molecule has 0 unspecified atom stereocenters. The van der Waals surface area contributed by atoms with Crippen molar-refractivity contribution in [3.63, 3.8) is 0 Å². The molecule has 2 rings (SSSR count). The van der Waals surface area contributed by atoms with Crippen molar-refractivity contribution in [3.05, 3.63) is 58.7 Å².